The number of benzene rings is 2. The number of hydrogen-bond acceptors (Lipinski definition) is 6. The number of aliphatic hydroxyl groups is 1. The van der Waals surface area contributed by atoms with Gasteiger partial charge in [0.05, 0.1) is 24.4 Å². The van der Waals surface area contributed by atoms with E-state index >= 15 is 0 Å². The molecule has 1 aliphatic rings. The summed E-state index contributed by atoms with van der Waals surface area (Å²) in [5.41, 5.74) is 1.38. The Morgan fingerprint density at radius 1 is 0.846 bits per heavy atom. The van der Waals surface area contributed by atoms with E-state index in [4.69, 9.17) is 23.1 Å². The predicted octanol–water partition coefficient (Wildman–Crippen LogP) is 9.94. The maximum atomic E-state index is 11.2. The van der Waals surface area contributed by atoms with E-state index in [9.17, 15) is 5.11 Å². The topological polar surface area (TPSA) is 66.4 Å². The maximum absolute atomic E-state index is 11.2. The van der Waals surface area contributed by atoms with Crippen LogP contribution in [0.2, 0.25) is 21.7 Å². The molecule has 1 N–H and O–H groups in total. The van der Waals surface area contributed by atoms with Crippen molar-refractivity contribution in [3.05, 3.63) is 73.3 Å². The molecule has 1 fully saturated rings. The van der Waals surface area contributed by atoms with Crippen LogP contribution in [0.25, 0.3) is 0 Å². The highest BCUT2D eigenvalue weighted by Crippen LogP contribution is 2.45. The van der Waals surface area contributed by atoms with Crippen molar-refractivity contribution in [2.75, 3.05) is 13.9 Å². The Morgan fingerprint density at radius 3 is 1.87 bits per heavy atom. The van der Waals surface area contributed by atoms with Gasteiger partial charge in [0, 0.05) is 13.2 Å². The largest absolute Gasteiger partial charge is 0.413 e. The fourth-order valence-corrected chi connectivity index (χ4v) is 19.4. The van der Waals surface area contributed by atoms with E-state index < -0.39 is 28.8 Å². The van der Waals surface area contributed by atoms with Crippen molar-refractivity contribution in [2.45, 2.75) is 179 Å². The van der Waals surface area contributed by atoms with Crippen LogP contribution in [0.4, 0.5) is 0 Å². The van der Waals surface area contributed by atoms with Crippen LogP contribution in [0.5, 0.6) is 0 Å². The Kier molecular flexibility index (Phi) is 18.0. The second-order valence-corrected chi connectivity index (χ2v) is 26.7. The molecule has 0 spiro atoms. The first-order valence-corrected chi connectivity index (χ1v) is 24.3. The normalized spacial score (nSPS) is 19.7. The molecule has 52 heavy (non-hydrogen) atoms. The molecule has 0 bridgehead atoms. The molecule has 1 heterocycles. The molecular formula is C44H74O6Si2. The summed E-state index contributed by atoms with van der Waals surface area (Å²) < 4.78 is 33.2. The van der Waals surface area contributed by atoms with Gasteiger partial charge in [-0.25, -0.2) is 0 Å². The molecule has 0 radical (unpaired) electrons. The molecule has 0 amide bonds. The lowest BCUT2D eigenvalue weighted by Gasteiger charge is -2.46. The van der Waals surface area contributed by atoms with Crippen molar-refractivity contribution in [2.24, 2.45) is 0 Å². The van der Waals surface area contributed by atoms with E-state index in [0.29, 0.717) is 23.0 Å². The summed E-state index contributed by atoms with van der Waals surface area (Å²) in [6.45, 7) is 27.4. The number of rotatable bonds is 23. The van der Waals surface area contributed by atoms with E-state index in [1.54, 1.807) is 13.2 Å². The van der Waals surface area contributed by atoms with Gasteiger partial charge in [0.1, 0.15) is 12.9 Å². The van der Waals surface area contributed by atoms with Gasteiger partial charge in [-0.05, 0) is 70.6 Å². The number of methoxy groups -OCH3 is 1. The van der Waals surface area contributed by atoms with Gasteiger partial charge in [-0.1, -0.05) is 149 Å². The van der Waals surface area contributed by atoms with Gasteiger partial charge in [-0.3, -0.25) is 0 Å². The molecular weight excluding hydrogens is 681 g/mol. The Balaban J connectivity index is 1.94. The summed E-state index contributed by atoms with van der Waals surface area (Å²) in [6.07, 6.45) is 7.73. The summed E-state index contributed by atoms with van der Waals surface area (Å²) in [5.74, 6) is 0. The van der Waals surface area contributed by atoms with Crippen molar-refractivity contribution in [1.29, 1.82) is 0 Å². The summed E-state index contributed by atoms with van der Waals surface area (Å²) in [4.78, 5) is 0. The Bertz CT molecular complexity index is 1220. The SMILES string of the molecule is C=C[C@@H](OCOC)[C@H](O)CC[C@H](C[C@H]1CC[C@H]([C@@H](CCCC)O[Si](c2ccccc2)(c2ccccc2)C(C)(C)C)O1)O[Si](C(C)C)(C(C)C)C(C)C. The zero-order valence-electron chi connectivity index (χ0n) is 34.6. The molecule has 0 unspecified atom stereocenters. The predicted molar refractivity (Wildman–Crippen MR) is 223 cm³/mol. The van der Waals surface area contributed by atoms with Crippen molar-refractivity contribution < 1.29 is 28.2 Å². The van der Waals surface area contributed by atoms with Gasteiger partial charge in [-0.15, -0.1) is 6.58 Å². The van der Waals surface area contributed by atoms with Crippen LogP contribution in [0, 0.1) is 0 Å². The van der Waals surface area contributed by atoms with Gasteiger partial charge in [0.25, 0.3) is 8.32 Å². The third-order valence-electron chi connectivity index (χ3n) is 11.5. The molecule has 6 atom stereocenters. The Labute approximate surface area is 320 Å². The molecule has 6 nitrogen and oxygen atoms in total. The minimum atomic E-state index is -2.76. The third kappa shape index (κ3) is 11.0. The van der Waals surface area contributed by atoms with Crippen molar-refractivity contribution in [3.8, 4) is 0 Å². The minimum Gasteiger partial charge on any atom is -0.413 e. The molecule has 1 aliphatic heterocycles. The average Bonchev–Trinajstić information content (AvgIpc) is 3.57. The van der Waals surface area contributed by atoms with Crippen LogP contribution >= 0.6 is 0 Å². The highest BCUT2D eigenvalue weighted by Gasteiger charge is 2.53. The monoisotopic (exact) mass is 755 g/mol. The van der Waals surface area contributed by atoms with E-state index in [1.165, 1.54) is 10.4 Å². The summed E-state index contributed by atoms with van der Waals surface area (Å²) in [6, 6.07) is 22.0. The zero-order valence-corrected chi connectivity index (χ0v) is 36.6. The minimum absolute atomic E-state index is 0.0133. The van der Waals surface area contributed by atoms with Crippen LogP contribution in [-0.2, 0) is 23.1 Å². The Morgan fingerprint density at radius 2 is 1.40 bits per heavy atom. The van der Waals surface area contributed by atoms with Crippen LogP contribution in [0.15, 0.2) is 73.3 Å². The van der Waals surface area contributed by atoms with E-state index in [-0.39, 0.29) is 36.2 Å². The fraction of sp³-hybridized carbons (Fsp3) is 0.682. The van der Waals surface area contributed by atoms with Gasteiger partial charge >= 0.3 is 0 Å². The number of ether oxygens (including phenoxy) is 3. The smallest absolute Gasteiger partial charge is 0.261 e. The molecule has 3 rings (SSSR count). The second-order valence-electron chi connectivity index (χ2n) is 17.0. The van der Waals surface area contributed by atoms with Crippen molar-refractivity contribution >= 4 is 27.0 Å². The fourth-order valence-electron chi connectivity index (χ4n) is 9.04. The molecule has 0 aromatic heterocycles. The summed E-state index contributed by atoms with van der Waals surface area (Å²) >= 11 is 0. The van der Waals surface area contributed by atoms with Crippen molar-refractivity contribution in [1.82, 2.24) is 0 Å². The van der Waals surface area contributed by atoms with Crippen LogP contribution < -0.4 is 10.4 Å². The molecule has 294 valence electrons. The zero-order chi connectivity index (χ0) is 38.5. The second kappa shape index (κ2) is 20.9. The van der Waals surface area contributed by atoms with Crippen molar-refractivity contribution in [3.63, 3.8) is 0 Å². The van der Waals surface area contributed by atoms with Crippen LogP contribution in [-0.4, -0.2) is 72.3 Å². The lowest BCUT2D eigenvalue weighted by atomic mass is 10.00. The standard InChI is InChI=1S/C44H74O6Si2/c1-13-15-26-43(50-52(44(9,10)11,38-22-18-16-19-23-38)39-24-20-17-21-25-39)42-30-28-36(48-42)31-37(27-29-40(45)41(14-2)47-32-46-12)49-51(33(3)4,34(5)6)35(7)8/h14,16-25,33-37,40-43,45H,2,13,15,26-32H2,1,3-12H3/t36-,37-,40-,41-,42-,43-/m1/s1. The first-order valence-electron chi connectivity index (χ1n) is 20.2. The third-order valence-corrected chi connectivity index (χ3v) is 22.7. The van der Waals surface area contributed by atoms with E-state index in [0.717, 1.165) is 44.9 Å². The average molecular weight is 755 g/mol. The first kappa shape index (κ1) is 44.8. The highest BCUT2D eigenvalue weighted by molar-refractivity contribution is 6.99. The lowest BCUT2D eigenvalue weighted by molar-refractivity contribution is -0.0964. The maximum Gasteiger partial charge on any atom is 0.261 e. The molecule has 0 aliphatic carbocycles. The van der Waals surface area contributed by atoms with E-state index in [2.05, 4.69) is 136 Å². The molecule has 2 aromatic carbocycles. The molecule has 0 saturated carbocycles. The number of aliphatic hydroxyl groups excluding tert-OH is 1. The van der Waals surface area contributed by atoms with Crippen LogP contribution in [0.3, 0.4) is 0 Å². The summed E-state index contributed by atoms with van der Waals surface area (Å²) in [5, 5.41) is 13.7. The highest BCUT2D eigenvalue weighted by atomic mass is 28.4. The molecule has 1 saturated heterocycles. The van der Waals surface area contributed by atoms with Gasteiger partial charge < -0.3 is 28.2 Å². The number of hydrogen-bond donors (Lipinski definition) is 1. The van der Waals surface area contributed by atoms with Gasteiger partial charge in [0.15, 0.2) is 0 Å². The quantitative estimate of drug-likeness (QED) is 0.0693. The summed E-state index contributed by atoms with van der Waals surface area (Å²) in [7, 11) is -3.37. The number of unbranched alkanes of at least 4 members (excludes halogenated alkanes) is 1. The van der Waals surface area contributed by atoms with Gasteiger partial charge in [-0.2, -0.15) is 0 Å². The molecule has 2 aromatic rings. The van der Waals surface area contributed by atoms with Crippen LogP contribution in [0.1, 0.15) is 121 Å². The van der Waals surface area contributed by atoms with E-state index in [1.807, 2.05) is 0 Å². The Hall–Kier alpha value is -1.63. The lowest BCUT2D eigenvalue weighted by Crippen LogP contribution is -2.68. The van der Waals surface area contributed by atoms with Gasteiger partial charge in [0.2, 0.25) is 8.32 Å². The molecule has 8 heteroatoms. The first-order chi connectivity index (χ1) is 24.7.